The molecule has 1 aromatic heterocycles. The van der Waals surface area contributed by atoms with Crippen molar-refractivity contribution in [1.82, 2.24) is 15.0 Å². The van der Waals surface area contributed by atoms with Crippen LogP contribution >= 0.6 is 11.6 Å². The van der Waals surface area contributed by atoms with Gasteiger partial charge in [0.05, 0.1) is 23.0 Å². The Kier molecular flexibility index (Phi) is 3.57. The van der Waals surface area contributed by atoms with Crippen LogP contribution in [0.1, 0.15) is 19.5 Å². The van der Waals surface area contributed by atoms with Crippen molar-refractivity contribution in [3.05, 3.63) is 41.2 Å². The molecule has 0 spiro atoms. The van der Waals surface area contributed by atoms with Crippen molar-refractivity contribution in [1.29, 1.82) is 0 Å². The Morgan fingerprint density at radius 3 is 2.58 bits per heavy atom. The highest BCUT2D eigenvalue weighted by molar-refractivity contribution is 6.30. The Labute approximate surface area is 115 Å². The number of carbonyl (C=O) groups is 1. The van der Waals surface area contributed by atoms with Crippen LogP contribution in [0.4, 0.5) is 0 Å². The van der Waals surface area contributed by atoms with E-state index >= 15 is 0 Å². The van der Waals surface area contributed by atoms with Crippen LogP contribution in [-0.2, 0) is 11.2 Å². The molecule has 1 heterocycles. The maximum Gasteiger partial charge on any atom is 0.309 e. The number of rotatable bonds is 4. The molecule has 0 saturated carbocycles. The van der Waals surface area contributed by atoms with Crippen molar-refractivity contribution in [2.45, 2.75) is 20.3 Å². The summed E-state index contributed by atoms with van der Waals surface area (Å²) in [5.74, 6) is -0.851. The molecule has 1 aromatic carbocycles. The fourth-order valence-electron chi connectivity index (χ4n) is 1.70. The maximum atomic E-state index is 11.2. The number of halogens is 1. The Bertz CT molecular complexity index is 590. The van der Waals surface area contributed by atoms with E-state index in [0.717, 1.165) is 11.4 Å². The van der Waals surface area contributed by atoms with Crippen LogP contribution in [0.2, 0.25) is 5.02 Å². The first-order chi connectivity index (χ1) is 8.90. The van der Waals surface area contributed by atoms with Crippen LogP contribution in [0, 0.1) is 5.41 Å². The smallest absolute Gasteiger partial charge is 0.309 e. The summed E-state index contributed by atoms with van der Waals surface area (Å²) in [6.45, 7) is 3.35. The van der Waals surface area contributed by atoms with E-state index in [1.165, 1.54) is 0 Å². The second kappa shape index (κ2) is 5.01. The molecule has 5 nitrogen and oxygen atoms in total. The van der Waals surface area contributed by atoms with Crippen molar-refractivity contribution in [2.75, 3.05) is 0 Å². The van der Waals surface area contributed by atoms with E-state index in [-0.39, 0.29) is 0 Å². The number of benzene rings is 1. The zero-order chi connectivity index (χ0) is 14.0. The number of carboxylic acid groups (broad SMARTS) is 1. The minimum atomic E-state index is -0.869. The van der Waals surface area contributed by atoms with Crippen LogP contribution in [0.25, 0.3) is 5.69 Å². The third-order valence-electron chi connectivity index (χ3n) is 2.89. The van der Waals surface area contributed by atoms with E-state index in [4.69, 9.17) is 11.6 Å². The minimum Gasteiger partial charge on any atom is -0.481 e. The van der Waals surface area contributed by atoms with Crippen molar-refractivity contribution < 1.29 is 9.90 Å². The summed E-state index contributed by atoms with van der Waals surface area (Å²) in [4.78, 5) is 11.2. The van der Waals surface area contributed by atoms with Gasteiger partial charge in [-0.15, -0.1) is 5.10 Å². The molecule has 0 aliphatic carbocycles. The van der Waals surface area contributed by atoms with Crippen molar-refractivity contribution in [3.8, 4) is 5.69 Å². The SMILES string of the molecule is CC(C)(Cc1cnnn1-c1ccc(Cl)cc1)C(=O)O. The molecule has 6 heteroatoms. The number of hydrogen-bond acceptors (Lipinski definition) is 3. The first kappa shape index (κ1) is 13.5. The molecular formula is C13H14ClN3O2. The van der Waals surface area contributed by atoms with Gasteiger partial charge in [0.15, 0.2) is 0 Å². The fraction of sp³-hybridized carbons (Fsp3) is 0.308. The van der Waals surface area contributed by atoms with E-state index in [2.05, 4.69) is 10.3 Å². The van der Waals surface area contributed by atoms with E-state index in [9.17, 15) is 9.90 Å². The molecule has 0 unspecified atom stereocenters. The van der Waals surface area contributed by atoms with E-state index in [1.54, 1.807) is 36.9 Å². The zero-order valence-corrected chi connectivity index (χ0v) is 11.4. The summed E-state index contributed by atoms with van der Waals surface area (Å²) >= 11 is 5.84. The van der Waals surface area contributed by atoms with Crippen molar-refractivity contribution in [3.63, 3.8) is 0 Å². The lowest BCUT2D eigenvalue weighted by atomic mass is 9.88. The van der Waals surface area contributed by atoms with E-state index in [0.29, 0.717) is 11.4 Å². The topological polar surface area (TPSA) is 68.0 Å². The molecule has 2 rings (SSSR count). The van der Waals surface area contributed by atoms with Gasteiger partial charge in [0, 0.05) is 11.4 Å². The van der Waals surface area contributed by atoms with Crippen LogP contribution in [0.5, 0.6) is 0 Å². The Balaban J connectivity index is 2.33. The third kappa shape index (κ3) is 2.93. The lowest BCUT2D eigenvalue weighted by Crippen LogP contribution is -2.27. The number of aliphatic carboxylic acids is 1. The maximum absolute atomic E-state index is 11.2. The Morgan fingerprint density at radius 2 is 2.00 bits per heavy atom. The molecule has 0 fully saturated rings. The number of aromatic nitrogens is 3. The first-order valence-electron chi connectivity index (χ1n) is 5.79. The van der Waals surface area contributed by atoms with Gasteiger partial charge in [0.1, 0.15) is 0 Å². The van der Waals surface area contributed by atoms with Gasteiger partial charge in [-0.2, -0.15) is 0 Å². The molecule has 0 bridgehead atoms. The summed E-state index contributed by atoms with van der Waals surface area (Å²) < 4.78 is 1.63. The fourth-order valence-corrected chi connectivity index (χ4v) is 1.83. The number of hydrogen-bond donors (Lipinski definition) is 1. The van der Waals surface area contributed by atoms with Crippen LogP contribution in [-0.4, -0.2) is 26.1 Å². The summed E-state index contributed by atoms with van der Waals surface area (Å²) in [6.07, 6.45) is 1.93. The average molecular weight is 280 g/mol. The molecule has 0 aliphatic rings. The molecule has 0 radical (unpaired) electrons. The molecule has 19 heavy (non-hydrogen) atoms. The quantitative estimate of drug-likeness (QED) is 0.934. The first-order valence-corrected chi connectivity index (χ1v) is 6.17. The summed E-state index contributed by atoms with van der Waals surface area (Å²) in [7, 11) is 0. The number of carboxylic acids is 1. The summed E-state index contributed by atoms with van der Waals surface area (Å²) in [6, 6.07) is 7.14. The molecule has 100 valence electrons. The predicted molar refractivity (Wildman–Crippen MR) is 71.5 cm³/mol. The number of nitrogens with zero attached hydrogens (tertiary/aromatic N) is 3. The molecule has 2 aromatic rings. The van der Waals surface area contributed by atoms with Crippen LogP contribution < -0.4 is 0 Å². The predicted octanol–water partition coefficient (Wildman–Crippen LogP) is 2.57. The third-order valence-corrected chi connectivity index (χ3v) is 3.15. The van der Waals surface area contributed by atoms with Gasteiger partial charge < -0.3 is 5.11 Å². The van der Waals surface area contributed by atoms with Crippen molar-refractivity contribution >= 4 is 17.6 Å². The van der Waals surface area contributed by atoms with Gasteiger partial charge in [0.25, 0.3) is 0 Å². The van der Waals surface area contributed by atoms with Gasteiger partial charge in [-0.1, -0.05) is 16.8 Å². The minimum absolute atomic E-state index is 0.345. The Morgan fingerprint density at radius 1 is 1.37 bits per heavy atom. The molecule has 0 amide bonds. The second-order valence-electron chi connectivity index (χ2n) is 4.98. The Hall–Kier alpha value is -1.88. The van der Waals surface area contributed by atoms with E-state index in [1.807, 2.05) is 12.1 Å². The lowest BCUT2D eigenvalue weighted by molar-refractivity contribution is -0.146. The molecule has 0 aliphatic heterocycles. The highest BCUT2D eigenvalue weighted by Gasteiger charge is 2.29. The normalized spacial score (nSPS) is 11.5. The van der Waals surface area contributed by atoms with Gasteiger partial charge in [-0.05, 0) is 38.1 Å². The largest absolute Gasteiger partial charge is 0.481 e. The highest BCUT2D eigenvalue weighted by atomic mass is 35.5. The molecule has 0 atom stereocenters. The van der Waals surface area contributed by atoms with Gasteiger partial charge in [-0.25, -0.2) is 4.68 Å². The molecular weight excluding hydrogens is 266 g/mol. The van der Waals surface area contributed by atoms with Crippen molar-refractivity contribution in [2.24, 2.45) is 5.41 Å². The van der Waals surface area contributed by atoms with Gasteiger partial charge in [-0.3, -0.25) is 4.79 Å². The van der Waals surface area contributed by atoms with Gasteiger partial charge in [0.2, 0.25) is 0 Å². The molecule has 1 N–H and O–H groups in total. The van der Waals surface area contributed by atoms with E-state index < -0.39 is 11.4 Å². The lowest BCUT2D eigenvalue weighted by Gasteiger charge is -2.18. The van der Waals surface area contributed by atoms with Crippen LogP contribution in [0.15, 0.2) is 30.5 Å². The van der Waals surface area contributed by atoms with Crippen LogP contribution in [0.3, 0.4) is 0 Å². The standard InChI is InChI=1S/C13H14ClN3O2/c1-13(2,12(18)19)7-11-8-15-16-17(11)10-5-3-9(14)4-6-10/h3-6,8H,7H2,1-2H3,(H,18,19). The summed E-state index contributed by atoms with van der Waals surface area (Å²) in [5, 5.41) is 17.6. The highest BCUT2D eigenvalue weighted by Crippen LogP contribution is 2.23. The average Bonchev–Trinajstić information content (AvgIpc) is 2.77. The molecule has 0 saturated heterocycles. The second-order valence-corrected chi connectivity index (χ2v) is 5.42. The monoisotopic (exact) mass is 279 g/mol. The van der Waals surface area contributed by atoms with Gasteiger partial charge >= 0.3 is 5.97 Å². The summed E-state index contributed by atoms with van der Waals surface area (Å²) in [5.41, 5.74) is 0.680. The zero-order valence-electron chi connectivity index (χ0n) is 10.7.